The van der Waals surface area contributed by atoms with Crippen molar-refractivity contribution in [1.82, 2.24) is 9.29 Å². The molecule has 11 heteroatoms. The maximum atomic E-state index is 13.0. The van der Waals surface area contributed by atoms with E-state index in [4.69, 9.17) is 11.6 Å². The Morgan fingerprint density at radius 1 is 1.13 bits per heavy atom. The minimum absolute atomic E-state index is 0.00988. The quantitative estimate of drug-likeness (QED) is 0.327. The first-order valence-corrected chi connectivity index (χ1v) is 11.6. The summed E-state index contributed by atoms with van der Waals surface area (Å²) in [7, 11) is -4.07. The maximum absolute atomic E-state index is 13.0. The Bertz CT molecular complexity index is 1410. The van der Waals surface area contributed by atoms with Gasteiger partial charge in [-0.05, 0) is 41.3 Å². The standard InChI is InChI=1S/C20H14ClN3O5S2/c21-14-5-1-4-13(10-14)12-23-16-6-2-7-17(24(26)27)15(16)11-18(23)20(25)22-31(28,29)19-8-3-9-30-19/h1-11H,12H2,(H,22,25). The van der Waals surface area contributed by atoms with E-state index in [1.807, 2.05) is 4.72 Å². The second-order valence-corrected chi connectivity index (χ2v) is 9.87. The number of fused-ring (bicyclic) bond motifs is 1. The number of nitrogens with one attached hydrogen (secondary N) is 1. The fourth-order valence-electron chi connectivity index (χ4n) is 3.25. The number of nitro groups is 1. The minimum atomic E-state index is -4.07. The van der Waals surface area contributed by atoms with Gasteiger partial charge in [0.25, 0.3) is 21.6 Å². The zero-order valence-electron chi connectivity index (χ0n) is 15.7. The highest BCUT2D eigenvalue weighted by atomic mass is 35.5. The molecule has 4 rings (SSSR count). The van der Waals surface area contributed by atoms with E-state index in [1.165, 1.54) is 28.8 Å². The molecule has 2 aromatic carbocycles. The number of non-ortho nitro benzene ring substituents is 1. The predicted molar refractivity (Wildman–Crippen MR) is 118 cm³/mol. The average Bonchev–Trinajstić information content (AvgIpc) is 3.36. The lowest BCUT2D eigenvalue weighted by atomic mass is 10.2. The average molecular weight is 476 g/mol. The first kappa shape index (κ1) is 21.0. The lowest BCUT2D eigenvalue weighted by Gasteiger charge is -2.11. The van der Waals surface area contributed by atoms with Crippen molar-refractivity contribution in [1.29, 1.82) is 0 Å². The summed E-state index contributed by atoms with van der Waals surface area (Å²) >= 11 is 7.03. The van der Waals surface area contributed by atoms with Gasteiger partial charge in [-0.1, -0.05) is 35.9 Å². The Morgan fingerprint density at radius 2 is 1.90 bits per heavy atom. The lowest BCUT2D eigenvalue weighted by molar-refractivity contribution is -0.383. The molecule has 31 heavy (non-hydrogen) atoms. The summed E-state index contributed by atoms with van der Waals surface area (Å²) in [6.07, 6.45) is 0. The third-order valence-corrected chi connectivity index (χ3v) is 7.53. The van der Waals surface area contributed by atoms with Crippen molar-refractivity contribution >= 4 is 55.5 Å². The molecule has 2 heterocycles. The number of aromatic nitrogens is 1. The number of hydrogen-bond donors (Lipinski definition) is 1. The van der Waals surface area contributed by atoms with Gasteiger partial charge in [0.1, 0.15) is 9.90 Å². The number of carbonyl (C=O) groups is 1. The first-order valence-electron chi connectivity index (χ1n) is 8.88. The van der Waals surface area contributed by atoms with Gasteiger partial charge in [-0.3, -0.25) is 14.9 Å². The Kier molecular flexibility index (Phi) is 5.52. The SMILES string of the molecule is O=C(NS(=O)(=O)c1cccs1)c1cc2c([N+](=O)[O-])cccc2n1Cc1cccc(Cl)c1. The molecular weight excluding hydrogens is 462 g/mol. The summed E-state index contributed by atoms with van der Waals surface area (Å²) in [6, 6.07) is 15.7. The first-order chi connectivity index (χ1) is 14.8. The van der Waals surface area contributed by atoms with Crippen LogP contribution in [0.3, 0.4) is 0 Å². The van der Waals surface area contributed by atoms with Crippen molar-refractivity contribution in [3.63, 3.8) is 0 Å². The summed E-state index contributed by atoms with van der Waals surface area (Å²) in [4.78, 5) is 23.9. The van der Waals surface area contributed by atoms with E-state index in [0.29, 0.717) is 10.5 Å². The number of hydrogen-bond acceptors (Lipinski definition) is 6. The van der Waals surface area contributed by atoms with E-state index in [0.717, 1.165) is 16.9 Å². The van der Waals surface area contributed by atoms with Crippen LogP contribution >= 0.6 is 22.9 Å². The normalized spacial score (nSPS) is 11.5. The number of benzene rings is 2. The van der Waals surface area contributed by atoms with E-state index in [1.54, 1.807) is 41.8 Å². The molecule has 0 spiro atoms. The van der Waals surface area contributed by atoms with Gasteiger partial charge in [0.05, 0.1) is 15.8 Å². The molecule has 0 saturated carbocycles. The highest BCUT2D eigenvalue weighted by molar-refractivity contribution is 7.92. The van der Waals surface area contributed by atoms with Gasteiger partial charge in [-0.15, -0.1) is 11.3 Å². The molecule has 0 radical (unpaired) electrons. The number of rotatable bonds is 6. The highest BCUT2D eigenvalue weighted by Crippen LogP contribution is 2.30. The Morgan fingerprint density at radius 3 is 2.58 bits per heavy atom. The molecule has 0 aliphatic rings. The van der Waals surface area contributed by atoms with E-state index in [2.05, 4.69) is 0 Å². The topological polar surface area (TPSA) is 111 Å². The molecule has 2 aromatic heterocycles. The number of nitro benzene ring substituents is 1. The fourth-order valence-corrected chi connectivity index (χ4v) is 5.41. The number of thiophene rings is 1. The molecule has 0 atom stereocenters. The lowest BCUT2D eigenvalue weighted by Crippen LogP contribution is -2.31. The van der Waals surface area contributed by atoms with Crippen LogP contribution in [0.25, 0.3) is 10.9 Å². The van der Waals surface area contributed by atoms with E-state index in [9.17, 15) is 23.3 Å². The summed E-state index contributed by atoms with van der Waals surface area (Å²) in [5.41, 5.74) is 0.960. The molecule has 0 unspecified atom stereocenters. The minimum Gasteiger partial charge on any atom is -0.332 e. The van der Waals surface area contributed by atoms with Gasteiger partial charge in [-0.2, -0.15) is 0 Å². The third kappa shape index (κ3) is 4.18. The molecule has 0 saturated heterocycles. The smallest absolute Gasteiger partial charge is 0.281 e. The molecule has 1 amide bonds. The largest absolute Gasteiger partial charge is 0.332 e. The fraction of sp³-hybridized carbons (Fsp3) is 0.0500. The Hall–Kier alpha value is -3.21. The molecule has 8 nitrogen and oxygen atoms in total. The molecule has 0 bridgehead atoms. The van der Waals surface area contributed by atoms with Crippen LogP contribution in [0, 0.1) is 10.1 Å². The summed E-state index contributed by atoms with van der Waals surface area (Å²) < 4.78 is 28.6. The van der Waals surface area contributed by atoms with Gasteiger partial charge < -0.3 is 4.57 Å². The zero-order chi connectivity index (χ0) is 22.2. The Balaban J connectivity index is 1.84. The summed E-state index contributed by atoms with van der Waals surface area (Å²) in [5, 5.41) is 13.8. The zero-order valence-corrected chi connectivity index (χ0v) is 18.1. The molecule has 0 aliphatic heterocycles. The van der Waals surface area contributed by atoms with Crippen LogP contribution in [0.2, 0.25) is 5.02 Å². The van der Waals surface area contributed by atoms with Crippen molar-refractivity contribution in [3.05, 3.63) is 92.4 Å². The van der Waals surface area contributed by atoms with Crippen LogP contribution in [0.4, 0.5) is 5.69 Å². The van der Waals surface area contributed by atoms with Gasteiger partial charge in [0.15, 0.2) is 0 Å². The van der Waals surface area contributed by atoms with Gasteiger partial charge in [0.2, 0.25) is 0 Å². The molecule has 158 valence electrons. The van der Waals surface area contributed by atoms with E-state index < -0.39 is 20.9 Å². The van der Waals surface area contributed by atoms with E-state index in [-0.39, 0.29) is 27.5 Å². The Labute approximate surface area is 185 Å². The maximum Gasteiger partial charge on any atom is 0.281 e. The monoisotopic (exact) mass is 475 g/mol. The number of nitrogens with zero attached hydrogens (tertiary/aromatic N) is 2. The van der Waals surface area contributed by atoms with Crippen LogP contribution < -0.4 is 4.72 Å². The number of amides is 1. The van der Waals surface area contributed by atoms with Crippen LogP contribution in [0.15, 0.2) is 70.3 Å². The second-order valence-electron chi connectivity index (χ2n) is 6.58. The van der Waals surface area contributed by atoms with Crippen molar-refractivity contribution < 1.29 is 18.1 Å². The van der Waals surface area contributed by atoms with Crippen LogP contribution in [-0.4, -0.2) is 23.8 Å². The summed E-state index contributed by atoms with van der Waals surface area (Å²) in [5.74, 6) is -0.888. The second kappa shape index (κ2) is 8.14. The number of sulfonamides is 1. The molecule has 0 aliphatic carbocycles. The molecule has 0 fully saturated rings. The van der Waals surface area contributed by atoms with E-state index >= 15 is 0 Å². The number of halogens is 1. The van der Waals surface area contributed by atoms with Crippen molar-refractivity contribution in [3.8, 4) is 0 Å². The predicted octanol–water partition coefficient (Wildman–Crippen LogP) is 4.43. The number of carbonyl (C=O) groups excluding carboxylic acids is 1. The summed E-state index contributed by atoms with van der Waals surface area (Å²) in [6.45, 7) is 0.160. The third-order valence-electron chi connectivity index (χ3n) is 4.57. The van der Waals surface area contributed by atoms with Crippen molar-refractivity contribution in [2.75, 3.05) is 0 Å². The van der Waals surface area contributed by atoms with Crippen molar-refractivity contribution in [2.24, 2.45) is 0 Å². The molecule has 1 N–H and O–H groups in total. The van der Waals surface area contributed by atoms with Gasteiger partial charge in [0, 0.05) is 17.6 Å². The van der Waals surface area contributed by atoms with Gasteiger partial charge in [-0.25, -0.2) is 13.1 Å². The van der Waals surface area contributed by atoms with Crippen LogP contribution in [0.1, 0.15) is 16.1 Å². The highest BCUT2D eigenvalue weighted by Gasteiger charge is 2.25. The van der Waals surface area contributed by atoms with Crippen LogP contribution in [0.5, 0.6) is 0 Å². The van der Waals surface area contributed by atoms with Crippen molar-refractivity contribution in [2.45, 2.75) is 10.8 Å². The van der Waals surface area contributed by atoms with Gasteiger partial charge >= 0.3 is 0 Å². The molecular formula is C20H14ClN3O5S2. The van der Waals surface area contributed by atoms with Crippen LogP contribution in [-0.2, 0) is 16.6 Å². The molecule has 4 aromatic rings.